The van der Waals surface area contributed by atoms with Crippen LogP contribution in [-0.2, 0) is 23.9 Å². The van der Waals surface area contributed by atoms with Crippen molar-refractivity contribution in [3.8, 4) is 0 Å². The van der Waals surface area contributed by atoms with E-state index in [1.54, 1.807) is 25.7 Å². The van der Waals surface area contributed by atoms with E-state index in [-0.39, 0.29) is 11.8 Å². The molecule has 0 radical (unpaired) electrons. The average Bonchev–Trinajstić information content (AvgIpc) is 2.49. The lowest BCUT2D eigenvalue weighted by Gasteiger charge is -2.33. The molecule has 0 aromatic carbocycles. The standard InChI is InChI=1S/C16H26N2O6/c1-10(19)12(14(21)23-5)17-13(20)11-6-8-18(9-7-11)15(22)24-16(2,3)4/h11-12H,6-9H2,1-5H3,(H,17,20). The van der Waals surface area contributed by atoms with E-state index in [1.165, 1.54) is 6.92 Å². The third-order valence-corrected chi connectivity index (χ3v) is 3.65. The van der Waals surface area contributed by atoms with Gasteiger partial charge in [0.25, 0.3) is 0 Å². The summed E-state index contributed by atoms with van der Waals surface area (Å²) in [5, 5.41) is 2.42. The summed E-state index contributed by atoms with van der Waals surface area (Å²) in [7, 11) is 1.16. The minimum atomic E-state index is -1.29. The molecule has 8 nitrogen and oxygen atoms in total. The monoisotopic (exact) mass is 342 g/mol. The molecule has 2 amide bonds. The second-order valence-corrected chi connectivity index (χ2v) is 6.82. The number of Topliss-reactive ketones (excluding diaryl/α,β-unsaturated/α-hetero) is 1. The summed E-state index contributed by atoms with van der Waals surface area (Å²) >= 11 is 0. The molecule has 136 valence electrons. The van der Waals surface area contributed by atoms with Gasteiger partial charge in [0.05, 0.1) is 7.11 Å². The lowest BCUT2D eigenvalue weighted by atomic mass is 9.95. The zero-order valence-electron chi connectivity index (χ0n) is 14.9. The lowest BCUT2D eigenvalue weighted by molar-refractivity contribution is -0.148. The maximum absolute atomic E-state index is 12.2. The number of likely N-dealkylation sites (tertiary alicyclic amines) is 1. The Hall–Kier alpha value is -2.12. The number of methoxy groups -OCH3 is 1. The Labute approximate surface area is 141 Å². The van der Waals surface area contributed by atoms with E-state index in [1.807, 2.05) is 0 Å². The molecule has 0 aliphatic carbocycles. The molecule has 0 aromatic heterocycles. The summed E-state index contributed by atoms with van der Waals surface area (Å²) in [5.74, 6) is -2.02. The minimum Gasteiger partial charge on any atom is -0.467 e. The topological polar surface area (TPSA) is 102 Å². The van der Waals surface area contributed by atoms with Gasteiger partial charge < -0.3 is 19.7 Å². The van der Waals surface area contributed by atoms with E-state index in [0.29, 0.717) is 25.9 Å². The van der Waals surface area contributed by atoms with Crippen LogP contribution in [0.2, 0.25) is 0 Å². The largest absolute Gasteiger partial charge is 0.467 e. The Morgan fingerprint density at radius 2 is 1.67 bits per heavy atom. The van der Waals surface area contributed by atoms with E-state index < -0.39 is 29.5 Å². The highest BCUT2D eigenvalue weighted by molar-refractivity contribution is 6.04. The van der Waals surface area contributed by atoms with Gasteiger partial charge in [-0.1, -0.05) is 0 Å². The summed E-state index contributed by atoms with van der Waals surface area (Å²) in [6.07, 6.45) is 0.478. The molecular weight excluding hydrogens is 316 g/mol. The molecule has 1 atom stereocenters. The van der Waals surface area contributed by atoms with Gasteiger partial charge >= 0.3 is 12.1 Å². The maximum atomic E-state index is 12.2. The Morgan fingerprint density at radius 3 is 2.08 bits per heavy atom. The minimum absolute atomic E-state index is 0.366. The quantitative estimate of drug-likeness (QED) is 0.601. The van der Waals surface area contributed by atoms with Gasteiger partial charge in [0, 0.05) is 19.0 Å². The summed E-state index contributed by atoms with van der Waals surface area (Å²) < 4.78 is 9.81. The van der Waals surface area contributed by atoms with Crippen LogP contribution in [0.1, 0.15) is 40.5 Å². The highest BCUT2D eigenvalue weighted by Crippen LogP contribution is 2.20. The van der Waals surface area contributed by atoms with Crippen LogP contribution >= 0.6 is 0 Å². The molecule has 0 aromatic rings. The van der Waals surface area contributed by atoms with Crippen molar-refractivity contribution in [1.82, 2.24) is 10.2 Å². The van der Waals surface area contributed by atoms with Gasteiger partial charge in [-0.2, -0.15) is 0 Å². The first-order valence-corrected chi connectivity index (χ1v) is 7.91. The molecule has 1 saturated heterocycles. The number of carbonyl (C=O) groups is 4. The van der Waals surface area contributed by atoms with Gasteiger partial charge in [-0.25, -0.2) is 9.59 Å². The first kappa shape index (κ1) is 19.9. The third kappa shape index (κ3) is 5.82. The number of amides is 2. The van der Waals surface area contributed by atoms with Crippen molar-refractivity contribution in [2.75, 3.05) is 20.2 Å². The molecule has 1 aliphatic rings. The molecule has 0 bridgehead atoms. The van der Waals surface area contributed by atoms with Crippen LogP contribution in [0.4, 0.5) is 4.79 Å². The fourth-order valence-corrected chi connectivity index (χ4v) is 2.36. The Balaban J connectivity index is 2.55. The lowest BCUT2D eigenvalue weighted by Crippen LogP contribution is -2.50. The Morgan fingerprint density at radius 1 is 1.12 bits per heavy atom. The molecule has 0 spiro atoms. The van der Waals surface area contributed by atoms with E-state index in [2.05, 4.69) is 10.1 Å². The van der Waals surface area contributed by atoms with Gasteiger partial charge in [0.15, 0.2) is 11.8 Å². The number of ether oxygens (including phenoxy) is 2. The number of piperidine rings is 1. The number of hydrogen-bond acceptors (Lipinski definition) is 6. The Kier molecular flexibility index (Phi) is 6.74. The fraction of sp³-hybridized carbons (Fsp3) is 0.750. The molecule has 1 rings (SSSR count). The van der Waals surface area contributed by atoms with Crippen molar-refractivity contribution in [3.63, 3.8) is 0 Å². The van der Waals surface area contributed by atoms with Crippen LogP contribution in [0.15, 0.2) is 0 Å². The van der Waals surface area contributed by atoms with Gasteiger partial charge in [0.2, 0.25) is 5.91 Å². The van der Waals surface area contributed by atoms with Crippen molar-refractivity contribution in [3.05, 3.63) is 0 Å². The zero-order chi connectivity index (χ0) is 18.5. The van der Waals surface area contributed by atoms with Crippen LogP contribution < -0.4 is 5.32 Å². The van der Waals surface area contributed by atoms with Crippen LogP contribution in [0.5, 0.6) is 0 Å². The number of esters is 1. The summed E-state index contributed by atoms with van der Waals surface area (Å²) in [6.45, 7) is 7.36. The van der Waals surface area contributed by atoms with Gasteiger partial charge in [0.1, 0.15) is 5.60 Å². The summed E-state index contributed by atoms with van der Waals surface area (Å²) in [5.41, 5.74) is -0.569. The van der Waals surface area contributed by atoms with Crippen molar-refractivity contribution in [1.29, 1.82) is 0 Å². The highest BCUT2D eigenvalue weighted by atomic mass is 16.6. The van der Waals surface area contributed by atoms with Crippen LogP contribution in [0.3, 0.4) is 0 Å². The first-order valence-electron chi connectivity index (χ1n) is 7.91. The number of carbonyl (C=O) groups excluding carboxylic acids is 4. The average molecular weight is 342 g/mol. The Bertz CT molecular complexity index is 503. The predicted octanol–water partition coefficient (Wildman–Crippen LogP) is 0.880. The van der Waals surface area contributed by atoms with Gasteiger partial charge in [-0.3, -0.25) is 9.59 Å². The zero-order valence-corrected chi connectivity index (χ0v) is 14.9. The number of rotatable bonds is 4. The van der Waals surface area contributed by atoms with Crippen molar-refractivity contribution >= 4 is 23.8 Å². The van der Waals surface area contributed by atoms with Gasteiger partial charge in [-0.05, 0) is 40.5 Å². The van der Waals surface area contributed by atoms with E-state index >= 15 is 0 Å². The van der Waals surface area contributed by atoms with Crippen LogP contribution in [0, 0.1) is 5.92 Å². The molecule has 24 heavy (non-hydrogen) atoms. The highest BCUT2D eigenvalue weighted by Gasteiger charge is 2.33. The number of ketones is 1. The molecule has 1 N–H and O–H groups in total. The van der Waals surface area contributed by atoms with Crippen molar-refractivity contribution in [2.45, 2.75) is 52.2 Å². The fourth-order valence-electron chi connectivity index (χ4n) is 2.36. The van der Waals surface area contributed by atoms with E-state index in [4.69, 9.17) is 4.74 Å². The van der Waals surface area contributed by atoms with Gasteiger partial charge in [-0.15, -0.1) is 0 Å². The predicted molar refractivity (Wildman–Crippen MR) is 85.2 cm³/mol. The summed E-state index contributed by atoms with van der Waals surface area (Å²) in [4.78, 5) is 48.7. The second kappa shape index (κ2) is 8.12. The second-order valence-electron chi connectivity index (χ2n) is 6.82. The molecular formula is C16H26N2O6. The summed E-state index contributed by atoms with van der Waals surface area (Å²) in [6, 6.07) is -1.29. The van der Waals surface area contributed by atoms with Crippen LogP contribution in [-0.4, -0.2) is 60.5 Å². The van der Waals surface area contributed by atoms with E-state index in [9.17, 15) is 19.2 Å². The maximum Gasteiger partial charge on any atom is 0.410 e. The molecule has 1 aliphatic heterocycles. The molecule has 1 fully saturated rings. The number of nitrogens with one attached hydrogen (secondary N) is 1. The smallest absolute Gasteiger partial charge is 0.410 e. The van der Waals surface area contributed by atoms with Crippen molar-refractivity contribution in [2.24, 2.45) is 5.92 Å². The molecule has 1 unspecified atom stereocenters. The third-order valence-electron chi connectivity index (χ3n) is 3.65. The normalized spacial score (nSPS) is 17.0. The molecule has 8 heteroatoms. The van der Waals surface area contributed by atoms with E-state index in [0.717, 1.165) is 7.11 Å². The molecule has 1 heterocycles. The first-order chi connectivity index (χ1) is 11.0. The van der Waals surface area contributed by atoms with Crippen molar-refractivity contribution < 1.29 is 28.7 Å². The van der Waals surface area contributed by atoms with Crippen LogP contribution in [0.25, 0.3) is 0 Å². The SMILES string of the molecule is COC(=O)C(NC(=O)C1CCN(C(=O)OC(C)(C)C)CC1)C(C)=O. The molecule has 0 saturated carbocycles. The number of nitrogens with zero attached hydrogens (tertiary/aromatic N) is 1. The number of hydrogen-bond donors (Lipinski definition) is 1.